The molecule has 0 spiro atoms. The standard InChI is InChI=1S/C16H12ClNO4/c17-11-4-3-9(6-10(11)16(21)22)18-14(19)12-7-1-2-8(5-7)13(12)15(18)20/h1-4,6-8,12-13H,5H2,(H,21,22)/t7-,8-,12-,13+/m0/s1. The third-order valence-corrected chi connectivity index (χ3v) is 5.24. The summed E-state index contributed by atoms with van der Waals surface area (Å²) >= 11 is 5.84. The van der Waals surface area contributed by atoms with Crippen molar-refractivity contribution in [3.05, 3.63) is 40.9 Å². The number of imide groups is 1. The molecule has 1 aliphatic heterocycles. The predicted molar refractivity (Wildman–Crippen MR) is 78.6 cm³/mol. The molecule has 4 atom stereocenters. The maximum absolute atomic E-state index is 12.6. The van der Waals surface area contributed by atoms with Gasteiger partial charge < -0.3 is 5.11 Å². The molecule has 1 N–H and O–H groups in total. The minimum atomic E-state index is -1.19. The third-order valence-electron chi connectivity index (χ3n) is 4.91. The molecule has 5 nitrogen and oxygen atoms in total. The van der Waals surface area contributed by atoms with E-state index < -0.39 is 5.97 Å². The van der Waals surface area contributed by atoms with Crippen LogP contribution in [-0.2, 0) is 9.59 Å². The van der Waals surface area contributed by atoms with Crippen LogP contribution >= 0.6 is 11.6 Å². The lowest BCUT2D eigenvalue weighted by Crippen LogP contribution is -2.33. The molecule has 0 aromatic heterocycles. The number of rotatable bonds is 2. The fourth-order valence-corrected chi connectivity index (χ4v) is 4.17. The van der Waals surface area contributed by atoms with Crippen LogP contribution in [0.3, 0.4) is 0 Å². The number of carboxylic acid groups (broad SMARTS) is 1. The molecule has 1 saturated carbocycles. The molecule has 2 bridgehead atoms. The van der Waals surface area contributed by atoms with Gasteiger partial charge in [0.2, 0.25) is 11.8 Å². The molecule has 0 unspecified atom stereocenters. The lowest BCUT2D eigenvalue weighted by atomic mass is 9.85. The molecular weight excluding hydrogens is 306 g/mol. The van der Waals surface area contributed by atoms with Crippen molar-refractivity contribution in [2.45, 2.75) is 6.42 Å². The van der Waals surface area contributed by atoms with Crippen LogP contribution in [0, 0.1) is 23.7 Å². The van der Waals surface area contributed by atoms with Gasteiger partial charge in [-0.25, -0.2) is 9.69 Å². The summed E-state index contributed by atoms with van der Waals surface area (Å²) in [5.74, 6) is -1.99. The molecule has 0 radical (unpaired) electrons. The molecule has 112 valence electrons. The van der Waals surface area contributed by atoms with Crippen LogP contribution in [0.1, 0.15) is 16.8 Å². The first kappa shape index (κ1) is 13.5. The van der Waals surface area contributed by atoms with Crippen molar-refractivity contribution in [3.8, 4) is 0 Å². The number of anilines is 1. The SMILES string of the molecule is O=C(O)c1cc(N2C(=O)[C@@H]3[C@H](C2=O)[C@H]2C=C[C@H]3C2)ccc1Cl. The highest BCUT2D eigenvalue weighted by atomic mass is 35.5. The highest BCUT2D eigenvalue weighted by Crippen LogP contribution is 2.53. The maximum atomic E-state index is 12.6. The molecule has 3 aliphatic rings. The minimum Gasteiger partial charge on any atom is -0.478 e. The van der Waals surface area contributed by atoms with Crippen LogP contribution < -0.4 is 4.90 Å². The second kappa shape index (κ2) is 4.43. The topological polar surface area (TPSA) is 74.7 Å². The predicted octanol–water partition coefficient (Wildman–Crippen LogP) is 2.35. The lowest BCUT2D eigenvalue weighted by molar-refractivity contribution is -0.123. The second-order valence-corrected chi connectivity index (χ2v) is 6.39. The zero-order valence-electron chi connectivity index (χ0n) is 11.4. The van der Waals surface area contributed by atoms with E-state index in [1.807, 2.05) is 12.2 Å². The van der Waals surface area contributed by atoms with Crippen molar-refractivity contribution >= 4 is 35.1 Å². The zero-order valence-corrected chi connectivity index (χ0v) is 12.2. The molecule has 2 aliphatic carbocycles. The van der Waals surface area contributed by atoms with Gasteiger partial charge >= 0.3 is 5.97 Å². The summed E-state index contributed by atoms with van der Waals surface area (Å²) in [4.78, 5) is 37.6. The van der Waals surface area contributed by atoms with Crippen LogP contribution in [0.5, 0.6) is 0 Å². The third kappa shape index (κ3) is 1.63. The Labute approximate surface area is 131 Å². The Balaban J connectivity index is 1.76. The first-order chi connectivity index (χ1) is 10.5. The van der Waals surface area contributed by atoms with Gasteiger partial charge in [0.05, 0.1) is 28.1 Å². The number of carbonyl (C=O) groups excluding carboxylic acids is 2. The van der Waals surface area contributed by atoms with Gasteiger partial charge in [0, 0.05) is 0 Å². The van der Waals surface area contributed by atoms with E-state index in [0.29, 0.717) is 0 Å². The number of hydrogen-bond acceptors (Lipinski definition) is 3. The second-order valence-electron chi connectivity index (χ2n) is 5.98. The van der Waals surface area contributed by atoms with E-state index in [0.717, 1.165) is 11.3 Å². The normalized spacial score (nSPS) is 32.0. The van der Waals surface area contributed by atoms with Crippen molar-refractivity contribution in [2.24, 2.45) is 23.7 Å². The van der Waals surface area contributed by atoms with Gasteiger partial charge in [-0.2, -0.15) is 0 Å². The first-order valence-corrected chi connectivity index (χ1v) is 7.46. The van der Waals surface area contributed by atoms with Gasteiger partial charge in [-0.3, -0.25) is 9.59 Å². The number of hydrogen-bond donors (Lipinski definition) is 1. The van der Waals surface area contributed by atoms with Gasteiger partial charge in [0.15, 0.2) is 0 Å². The van der Waals surface area contributed by atoms with E-state index in [4.69, 9.17) is 16.7 Å². The Bertz CT molecular complexity index is 727. The quantitative estimate of drug-likeness (QED) is 0.671. The summed E-state index contributed by atoms with van der Waals surface area (Å²) in [6.45, 7) is 0. The van der Waals surface area contributed by atoms with E-state index in [1.165, 1.54) is 18.2 Å². The number of halogens is 1. The average Bonchev–Trinajstić information content (AvgIpc) is 3.14. The van der Waals surface area contributed by atoms with Gasteiger partial charge in [-0.15, -0.1) is 0 Å². The Morgan fingerprint density at radius 3 is 2.27 bits per heavy atom. The minimum absolute atomic E-state index is 0.0808. The number of nitrogens with zero attached hydrogens (tertiary/aromatic N) is 1. The Hall–Kier alpha value is -2.14. The van der Waals surface area contributed by atoms with E-state index >= 15 is 0 Å². The van der Waals surface area contributed by atoms with Crippen LogP contribution in [0.25, 0.3) is 0 Å². The summed E-state index contributed by atoms with van der Waals surface area (Å²) in [5, 5.41) is 9.22. The Kier molecular flexibility index (Phi) is 2.72. The van der Waals surface area contributed by atoms with Crippen LogP contribution in [0.4, 0.5) is 5.69 Å². The zero-order chi connectivity index (χ0) is 15.6. The fourth-order valence-electron chi connectivity index (χ4n) is 3.97. The summed E-state index contributed by atoms with van der Waals surface area (Å²) < 4.78 is 0. The van der Waals surface area contributed by atoms with E-state index in [-0.39, 0.29) is 51.8 Å². The fraction of sp³-hybridized carbons (Fsp3) is 0.312. The molecule has 6 heteroatoms. The molecule has 22 heavy (non-hydrogen) atoms. The Morgan fingerprint density at radius 1 is 1.14 bits per heavy atom. The first-order valence-electron chi connectivity index (χ1n) is 7.08. The summed E-state index contributed by atoms with van der Waals surface area (Å²) in [5.41, 5.74) is 0.170. The summed E-state index contributed by atoms with van der Waals surface area (Å²) in [6, 6.07) is 4.21. The smallest absolute Gasteiger partial charge is 0.337 e. The summed E-state index contributed by atoms with van der Waals surface area (Å²) in [7, 11) is 0. The molecule has 1 aromatic carbocycles. The van der Waals surface area contributed by atoms with Crippen LogP contribution in [0.2, 0.25) is 5.02 Å². The van der Waals surface area contributed by atoms with Gasteiger partial charge in [-0.05, 0) is 36.5 Å². The van der Waals surface area contributed by atoms with Crippen molar-refractivity contribution in [1.82, 2.24) is 0 Å². The van der Waals surface area contributed by atoms with E-state index in [1.54, 1.807) is 0 Å². The van der Waals surface area contributed by atoms with Crippen LogP contribution in [0.15, 0.2) is 30.4 Å². The van der Waals surface area contributed by atoms with E-state index in [9.17, 15) is 14.4 Å². The number of aromatic carboxylic acids is 1. The molecule has 2 fully saturated rings. The number of fused-ring (bicyclic) bond motifs is 5. The highest BCUT2D eigenvalue weighted by Gasteiger charge is 2.59. The van der Waals surface area contributed by atoms with Gasteiger partial charge in [0.25, 0.3) is 0 Å². The van der Waals surface area contributed by atoms with Crippen molar-refractivity contribution in [1.29, 1.82) is 0 Å². The molecule has 4 rings (SSSR count). The van der Waals surface area contributed by atoms with Gasteiger partial charge in [0.1, 0.15) is 0 Å². The van der Waals surface area contributed by atoms with Gasteiger partial charge in [-0.1, -0.05) is 23.8 Å². The molecule has 1 aromatic rings. The molecule has 1 saturated heterocycles. The van der Waals surface area contributed by atoms with Crippen molar-refractivity contribution in [3.63, 3.8) is 0 Å². The van der Waals surface area contributed by atoms with E-state index in [2.05, 4.69) is 0 Å². The van der Waals surface area contributed by atoms with Crippen molar-refractivity contribution in [2.75, 3.05) is 4.90 Å². The number of amides is 2. The number of carboxylic acids is 1. The number of carbonyl (C=O) groups is 3. The average molecular weight is 318 g/mol. The highest BCUT2D eigenvalue weighted by molar-refractivity contribution is 6.34. The summed E-state index contributed by atoms with van der Waals surface area (Å²) in [6.07, 6.45) is 4.90. The van der Waals surface area contributed by atoms with Crippen LogP contribution in [-0.4, -0.2) is 22.9 Å². The monoisotopic (exact) mass is 317 g/mol. The molecule has 2 amide bonds. The maximum Gasteiger partial charge on any atom is 0.337 e. The Morgan fingerprint density at radius 2 is 1.73 bits per heavy atom. The molecular formula is C16H12ClNO4. The molecule has 1 heterocycles. The number of allylic oxidation sites excluding steroid dienone is 2. The lowest BCUT2D eigenvalue weighted by Gasteiger charge is -2.18. The number of benzene rings is 1. The van der Waals surface area contributed by atoms with Crippen molar-refractivity contribution < 1.29 is 19.5 Å². The largest absolute Gasteiger partial charge is 0.478 e.